The molecule has 1 aliphatic rings. The average Bonchev–Trinajstić information content (AvgIpc) is 2.97. The van der Waals surface area contributed by atoms with Crippen molar-refractivity contribution in [2.45, 2.75) is 31.2 Å². The summed E-state index contributed by atoms with van der Waals surface area (Å²) in [6.45, 7) is 4.02. The Bertz CT molecular complexity index is 910. The molecule has 0 bridgehead atoms. The molecule has 7 heteroatoms. The van der Waals surface area contributed by atoms with Gasteiger partial charge in [0.1, 0.15) is 0 Å². The molecule has 0 saturated carbocycles. The predicted octanol–water partition coefficient (Wildman–Crippen LogP) is 3.01. The van der Waals surface area contributed by atoms with Gasteiger partial charge in [0.15, 0.2) is 0 Å². The van der Waals surface area contributed by atoms with Gasteiger partial charge in [-0.05, 0) is 50.1 Å². The van der Waals surface area contributed by atoms with E-state index in [1.54, 1.807) is 24.0 Å². The molecular formula is C18H19BrN2O3S. The molecule has 0 radical (unpaired) electrons. The third-order valence-corrected chi connectivity index (χ3v) is 6.29. The number of carbonyl (C=O) groups excluding carboxylic acids is 1. The Labute approximate surface area is 156 Å². The number of aryl methyl sites for hydroxylation is 1. The molecule has 2 aromatic rings. The number of carbonyl (C=O) groups is 1. The highest BCUT2D eigenvalue weighted by molar-refractivity contribution is 9.10. The van der Waals surface area contributed by atoms with Crippen LogP contribution in [-0.4, -0.2) is 26.9 Å². The van der Waals surface area contributed by atoms with Crippen molar-refractivity contribution in [1.82, 2.24) is 4.72 Å². The molecule has 1 heterocycles. The minimum Gasteiger partial charge on any atom is -0.310 e. The first kappa shape index (κ1) is 18.1. The van der Waals surface area contributed by atoms with Gasteiger partial charge >= 0.3 is 0 Å². The summed E-state index contributed by atoms with van der Waals surface area (Å²) in [6.07, 6.45) is 0.770. The minimum atomic E-state index is -3.74. The topological polar surface area (TPSA) is 66.5 Å². The van der Waals surface area contributed by atoms with Crippen LogP contribution in [0.15, 0.2) is 51.8 Å². The van der Waals surface area contributed by atoms with E-state index < -0.39 is 16.1 Å². The van der Waals surface area contributed by atoms with Crippen molar-refractivity contribution in [3.8, 4) is 0 Å². The molecule has 1 N–H and O–H groups in total. The van der Waals surface area contributed by atoms with Crippen LogP contribution in [0, 0.1) is 6.92 Å². The van der Waals surface area contributed by atoms with Gasteiger partial charge in [-0.3, -0.25) is 4.79 Å². The first-order valence-electron chi connectivity index (χ1n) is 7.97. The molecule has 0 aliphatic carbocycles. The van der Waals surface area contributed by atoms with Crippen LogP contribution in [0.25, 0.3) is 0 Å². The summed E-state index contributed by atoms with van der Waals surface area (Å²) in [4.78, 5) is 14.6. The molecule has 5 nitrogen and oxygen atoms in total. The number of hydrogen-bond donors (Lipinski definition) is 1. The zero-order chi connectivity index (χ0) is 18.2. The van der Waals surface area contributed by atoms with Crippen LogP contribution < -0.4 is 9.62 Å². The molecule has 1 atom stereocenters. The second-order valence-electron chi connectivity index (χ2n) is 6.17. The highest BCUT2D eigenvalue weighted by Gasteiger charge is 2.30. The summed E-state index contributed by atoms with van der Waals surface area (Å²) in [5, 5.41) is 0. The van der Waals surface area contributed by atoms with Crippen molar-refractivity contribution in [3.05, 3.63) is 58.1 Å². The maximum absolute atomic E-state index is 12.8. The molecule has 1 amide bonds. The normalized spacial score (nSPS) is 15.1. The van der Waals surface area contributed by atoms with E-state index in [9.17, 15) is 13.2 Å². The Morgan fingerprint density at radius 1 is 1.20 bits per heavy atom. The zero-order valence-corrected chi connectivity index (χ0v) is 16.4. The van der Waals surface area contributed by atoms with Crippen molar-refractivity contribution >= 4 is 37.5 Å². The number of nitrogens with zero attached hydrogens (tertiary/aromatic N) is 1. The third kappa shape index (κ3) is 3.78. The Morgan fingerprint density at radius 3 is 2.56 bits per heavy atom. The lowest BCUT2D eigenvalue weighted by Gasteiger charge is -2.22. The van der Waals surface area contributed by atoms with Crippen molar-refractivity contribution < 1.29 is 13.2 Å². The number of fused-ring (bicyclic) bond motifs is 1. The van der Waals surface area contributed by atoms with Gasteiger partial charge in [-0.25, -0.2) is 8.42 Å². The van der Waals surface area contributed by atoms with Crippen molar-refractivity contribution in [2.24, 2.45) is 0 Å². The summed E-state index contributed by atoms with van der Waals surface area (Å²) >= 11 is 3.41. The fourth-order valence-corrected chi connectivity index (χ4v) is 4.43. The molecule has 0 saturated heterocycles. The summed E-state index contributed by atoms with van der Waals surface area (Å²) in [5.74, 6) is -0.257. The Morgan fingerprint density at radius 2 is 1.88 bits per heavy atom. The number of nitrogens with one attached hydrogen (secondary N) is 1. The zero-order valence-electron chi connectivity index (χ0n) is 14.0. The van der Waals surface area contributed by atoms with E-state index in [-0.39, 0.29) is 10.8 Å². The van der Waals surface area contributed by atoms with E-state index in [0.29, 0.717) is 6.54 Å². The van der Waals surface area contributed by atoms with Gasteiger partial charge in [-0.15, -0.1) is 0 Å². The van der Waals surface area contributed by atoms with Crippen molar-refractivity contribution in [2.75, 3.05) is 11.4 Å². The van der Waals surface area contributed by atoms with Crippen LogP contribution in [0.4, 0.5) is 5.69 Å². The molecule has 0 unspecified atom stereocenters. The highest BCUT2D eigenvalue weighted by Crippen LogP contribution is 2.31. The number of sulfonamides is 1. The maximum Gasteiger partial charge on any atom is 0.244 e. The summed E-state index contributed by atoms with van der Waals surface area (Å²) in [5.41, 5.74) is 2.90. The summed E-state index contributed by atoms with van der Waals surface area (Å²) < 4.78 is 28.3. The van der Waals surface area contributed by atoms with Crippen LogP contribution in [0.2, 0.25) is 0 Å². The first-order chi connectivity index (χ1) is 11.8. The third-order valence-electron chi connectivity index (χ3n) is 4.24. The molecule has 3 rings (SSSR count). The van der Waals surface area contributed by atoms with Gasteiger partial charge in [-0.2, -0.15) is 4.72 Å². The molecule has 0 aromatic heterocycles. The highest BCUT2D eigenvalue weighted by atomic mass is 79.9. The number of rotatable bonds is 4. The van der Waals surface area contributed by atoms with Gasteiger partial charge in [-0.1, -0.05) is 39.7 Å². The SMILES string of the molecule is Cc1ccc(S(=O)(=O)N[C@@H](C)C(=O)N2CCc3ccc(Br)cc32)cc1. The van der Waals surface area contributed by atoms with Crippen LogP contribution in [0.5, 0.6) is 0 Å². The lowest BCUT2D eigenvalue weighted by atomic mass is 10.2. The fraction of sp³-hybridized carbons (Fsp3) is 0.278. The van der Waals surface area contributed by atoms with Crippen LogP contribution in [0.1, 0.15) is 18.1 Å². The number of anilines is 1. The smallest absolute Gasteiger partial charge is 0.244 e. The first-order valence-corrected chi connectivity index (χ1v) is 10.2. The molecular weight excluding hydrogens is 404 g/mol. The quantitative estimate of drug-likeness (QED) is 0.822. The number of halogens is 1. The standard InChI is InChI=1S/C18H19BrN2O3S/c1-12-3-7-16(8-4-12)25(23,24)20-13(2)18(22)21-10-9-14-5-6-15(19)11-17(14)21/h3-8,11,13,20H,9-10H2,1-2H3/t13-/m0/s1. The van der Waals surface area contributed by atoms with Gasteiger partial charge in [0.2, 0.25) is 15.9 Å². The Balaban J connectivity index is 1.78. The van der Waals surface area contributed by atoms with E-state index in [2.05, 4.69) is 20.7 Å². The number of benzene rings is 2. The Kier molecular flexibility index (Phi) is 4.99. The van der Waals surface area contributed by atoms with E-state index in [1.807, 2.05) is 25.1 Å². The van der Waals surface area contributed by atoms with E-state index in [0.717, 1.165) is 27.7 Å². The van der Waals surface area contributed by atoms with Crippen molar-refractivity contribution in [1.29, 1.82) is 0 Å². The van der Waals surface area contributed by atoms with Gasteiger partial charge in [0, 0.05) is 16.7 Å². The lowest BCUT2D eigenvalue weighted by Crippen LogP contribution is -2.46. The Hall–Kier alpha value is -1.70. The van der Waals surface area contributed by atoms with Crippen LogP contribution >= 0.6 is 15.9 Å². The second kappa shape index (κ2) is 6.90. The largest absolute Gasteiger partial charge is 0.310 e. The van der Waals surface area contributed by atoms with Crippen LogP contribution in [0.3, 0.4) is 0 Å². The van der Waals surface area contributed by atoms with Crippen LogP contribution in [-0.2, 0) is 21.2 Å². The maximum atomic E-state index is 12.8. The van der Waals surface area contributed by atoms with Crippen molar-refractivity contribution in [3.63, 3.8) is 0 Å². The van der Waals surface area contributed by atoms with E-state index in [1.165, 1.54) is 12.1 Å². The predicted molar refractivity (Wildman–Crippen MR) is 101 cm³/mol. The molecule has 1 aliphatic heterocycles. The number of amides is 1. The number of hydrogen-bond acceptors (Lipinski definition) is 3. The van der Waals surface area contributed by atoms with Gasteiger partial charge in [0.05, 0.1) is 10.9 Å². The van der Waals surface area contributed by atoms with E-state index >= 15 is 0 Å². The molecule has 0 fully saturated rings. The average molecular weight is 423 g/mol. The lowest BCUT2D eigenvalue weighted by molar-refractivity contribution is -0.119. The monoisotopic (exact) mass is 422 g/mol. The fourth-order valence-electron chi connectivity index (χ4n) is 2.88. The second-order valence-corrected chi connectivity index (χ2v) is 8.80. The minimum absolute atomic E-state index is 0.155. The van der Waals surface area contributed by atoms with Gasteiger partial charge in [0.25, 0.3) is 0 Å². The van der Waals surface area contributed by atoms with E-state index in [4.69, 9.17) is 0 Å². The molecule has 25 heavy (non-hydrogen) atoms. The molecule has 2 aromatic carbocycles. The summed E-state index contributed by atoms with van der Waals surface area (Å²) in [7, 11) is -3.74. The molecule has 132 valence electrons. The molecule has 0 spiro atoms. The summed E-state index contributed by atoms with van der Waals surface area (Å²) in [6, 6.07) is 11.5. The van der Waals surface area contributed by atoms with Gasteiger partial charge < -0.3 is 4.90 Å².